The van der Waals surface area contributed by atoms with Gasteiger partial charge in [-0.25, -0.2) is 4.79 Å². The Morgan fingerprint density at radius 3 is 2.66 bits per heavy atom. The zero-order valence-electron chi connectivity index (χ0n) is 21.6. The number of nitriles is 1. The minimum Gasteiger partial charge on any atom is -0.493 e. The third kappa shape index (κ3) is 5.64. The fourth-order valence-electron chi connectivity index (χ4n) is 4.50. The molecule has 2 heterocycles. The van der Waals surface area contributed by atoms with Crippen LogP contribution in [0, 0.1) is 18.3 Å². The van der Waals surface area contributed by atoms with E-state index in [0.717, 1.165) is 55.9 Å². The Labute approximate surface area is 230 Å². The number of aryl methyl sites for hydroxylation is 1. The van der Waals surface area contributed by atoms with Crippen molar-refractivity contribution in [3.8, 4) is 23.1 Å². The molecular weight excluding hydrogens is 518 g/mol. The summed E-state index contributed by atoms with van der Waals surface area (Å²) in [5, 5.41) is 23.0. The second-order valence-electron chi connectivity index (χ2n) is 9.41. The third-order valence-corrected chi connectivity index (χ3v) is 8.30. The molecule has 2 aromatic heterocycles. The highest BCUT2D eigenvalue weighted by molar-refractivity contribution is 8.01. The molecule has 1 fully saturated rings. The van der Waals surface area contributed by atoms with Gasteiger partial charge in [0.25, 0.3) is 0 Å². The van der Waals surface area contributed by atoms with Gasteiger partial charge in [-0.3, -0.25) is 5.32 Å². The van der Waals surface area contributed by atoms with Crippen molar-refractivity contribution >= 4 is 45.8 Å². The highest BCUT2D eigenvalue weighted by Crippen LogP contribution is 2.43. The van der Waals surface area contributed by atoms with Gasteiger partial charge in [0.15, 0.2) is 4.34 Å². The molecule has 8 nitrogen and oxygen atoms in total. The highest BCUT2D eigenvalue weighted by Gasteiger charge is 2.28. The molecule has 1 saturated carbocycles. The second-order valence-corrected chi connectivity index (χ2v) is 11.9. The van der Waals surface area contributed by atoms with E-state index in [0.29, 0.717) is 23.9 Å². The fraction of sp³-hybridized carbons (Fsp3) is 0.357. The number of aromatic nitrogens is 3. The van der Waals surface area contributed by atoms with Crippen molar-refractivity contribution in [1.29, 1.82) is 5.26 Å². The molecule has 4 aromatic rings. The summed E-state index contributed by atoms with van der Waals surface area (Å²) in [4.78, 5) is 12.0. The summed E-state index contributed by atoms with van der Waals surface area (Å²) in [5.74, 6) is 1.56. The number of benzene rings is 2. The molecule has 0 unspecified atom stereocenters. The van der Waals surface area contributed by atoms with Crippen molar-refractivity contribution in [2.45, 2.75) is 56.5 Å². The Bertz CT molecular complexity index is 1480. The van der Waals surface area contributed by atoms with E-state index in [-0.39, 0.29) is 6.10 Å². The first kappa shape index (κ1) is 26.1. The molecule has 0 spiro atoms. The minimum atomic E-state index is -0.488. The number of rotatable bonds is 9. The average molecular weight is 548 g/mol. The summed E-state index contributed by atoms with van der Waals surface area (Å²) in [6.07, 6.45) is 2.64. The van der Waals surface area contributed by atoms with Crippen LogP contribution in [-0.4, -0.2) is 39.3 Å². The van der Waals surface area contributed by atoms with Crippen LogP contribution in [0.5, 0.6) is 5.75 Å². The number of hydrogen-bond acceptors (Lipinski definition) is 8. The lowest BCUT2D eigenvalue weighted by molar-refractivity contribution is 0.130. The van der Waals surface area contributed by atoms with Crippen molar-refractivity contribution in [3.05, 3.63) is 53.0 Å². The van der Waals surface area contributed by atoms with Crippen LogP contribution >= 0.6 is 23.1 Å². The van der Waals surface area contributed by atoms with Crippen LogP contribution in [0.4, 0.5) is 10.5 Å². The summed E-state index contributed by atoms with van der Waals surface area (Å²) in [7, 11) is 0. The van der Waals surface area contributed by atoms with Crippen molar-refractivity contribution < 1.29 is 14.3 Å². The number of hydrogen-bond donors (Lipinski definition) is 1. The van der Waals surface area contributed by atoms with Crippen LogP contribution in [0.3, 0.4) is 0 Å². The van der Waals surface area contributed by atoms with Gasteiger partial charge in [-0.2, -0.15) is 5.26 Å². The van der Waals surface area contributed by atoms with Gasteiger partial charge in [0.05, 0.1) is 29.5 Å². The quantitative estimate of drug-likeness (QED) is 0.175. The summed E-state index contributed by atoms with van der Waals surface area (Å²) in [6.45, 7) is 6.11. The number of carbonyl (C=O) groups is 1. The van der Waals surface area contributed by atoms with Crippen LogP contribution in [0.25, 0.3) is 22.2 Å². The van der Waals surface area contributed by atoms with Crippen molar-refractivity contribution in [1.82, 2.24) is 14.8 Å². The van der Waals surface area contributed by atoms with Crippen LogP contribution in [-0.2, 0) is 4.74 Å². The fourth-order valence-corrected chi connectivity index (χ4v) is 6.20. The molecule has 2 aromatic carbocycles. The van der Waals surface area contributed by atoms with Crippen LogP contribution in [0.15, 0.2) is 46.8 Å². The summed E-state index contributed by atoms with van der Waals surface area (Å²) in [5.41, 5.74) is 4.14. The van der Waals surface area contributed by atoms with Crippen LogP contribution in [0.2, 0.25) is 0 Å². The molecule has 0 bridgehead atoms. The summed E-state index contributed by atoms with van der Waals surface area (Å²) in [6, 6.07) is 16.3. The molecule has 1 amide bonds. The highest BCUT2D eigenvalue weighted by atomic mass is 32.2. The van der Waals surface area contributed by atoms with Crippen molar-refractivity contribution in [3.63, 3.8) is 0 Å². The maximum atomic E-state index is 12.0. The molecule has 196 valence electrons. The normalized spacial score (nSPS) is 13.3. The SMILES string of the molecule is Cc1nnc(SCCOc2ccc3c(C#N)c(-c4ccc(NC(=O)OC(C)C)cc4)n(C4CCC4)c3c2)s1. The first-order chi connectivity index (χ1) is 18.4. The number of nitrogens with one attached hydrogen (secondary N) is 1. The van der Waals surface area contributed by atoms with E-state index in [2.05, 4.69) is 32.2 Å². The van der Waals surface area contributed by atoms with E-state index in [1.807, 2.05) is 57.2 Å². The van der Waals surface area contributed by atoms with E-state index < -0.39 is 6.09 Å². The van der Waals surface area contributed by atoms with E-state index in [4.69, 9.17) is 9.47 Å². The van der Waals surface area contributed by atoms with E-state index >= 15 is 0 Å². The first-order valence-electron chi connectivity index (χ1n) is 12.6. The van der Waals surface area contributed by atoms with E-state index in [1.165, 1.54) is 6.42 Å². The van der Waals surface area contributed by atoms with Gasteiger partial charge in [0.2, 0.25) is 0 Å². The number of carbonyl (C=O) groups excluding carboxylic acids is 1. The Balaban J connectivity index is 1.41. The maximum absolute atomic E-state index is 12.0. The number of thioether (sulfide) groups is 1. The van der Waals surface area contributed by atoms with E-state index in [1.54, 1.807) is 23.1 Å². The molecule has 0 saturated heterocycles. The maximum Gasteiger partial charge on any atom is 0.411 e. The first-order valence-corrected chi connectivity index (χ1v) is 14.4. The number of ether oxygens (including phenoxy) is 2. The zero-order valence-corrected chi connectivity index (χ0v) is 23.2. The van der Waals surface area contributed by atoms with Crippen LogP contribution in [0.1, 0.15) is 49.7 Å². The van der Waals surface area contributed by atoms with Crippen molar-refractivity contribution in [2.75, 3.05) is 17.7 Å². The molecular formula is C28H29N5O3S2. The Kier molecular flexibility index (Phi) is 7.86. The summed E-state index contributed by atoms with van der Waals surface area (Å²) < 4.78 is 14.5. The predicted octanol–water partition coefficient (Wildman–Crippen LogP) is 7.19. The van der Waals surface area contributed by atoms with Crippen molar-refractivity contribution in [2.24, 2.45) is 0 Å². The van der Waals surface area contributed by atoms with Crippen LogP contribution < -0.4 is 10.1 Å². The molecule has 1 aliphatic rings. The monoisotopic (exact) mass is 547 g/mol. The number of nitrogens with zero attached hydrogens (tertiary/aromatic N) is 4. The molecule has 0 aliphatic heterocycles. The zero-order chi connectivity index (χ0) is 26.6. The second kappa shape index (κ2) is 11.5. The van der Waals surface area contributed by atoms with Gasteiger partial charge in [0.1, 0.15) is 16.8 Å². The number of fused-ring (bicyclic) bond motifs is 1. The van der Waals surface area contributed by atoms with Gasteiger partial charge in [0, 0.05) is 28.9 Å². The molecule has 0 radical (unpaired) electrons. The molecule has 1 aliphatic carbocycles. The predicted molar refractivity (Wildman–Crippen MR) is 151 cm³/mol. The van der Waals surface area contributed by atoms with Gasteiger partial charge in [-0.15, -0.1) is 10.2 Å². The Morgan fingerprint density at radius 2 is 2.03 bits per heavy atom. The van der Waals surface area contributed by atoms with Gasteiger partial charge >= 0.3 is 6.09 Å². The van der Waals surface area contributed by atoms with E-state index in [9.17, 15) is 10.1 Å². The molecule has 5 rings (SSSR count). The third-order valence-electron chi connectivity index (χ3n) is 6.36. The Hall–Kier alpha value is -3.55. The lowest BCUT2D eigenvalue weighted by Crippen LogP contribution is -2.18. The minimum absolute atomic E-state index is 0.196. The van der Waals surface area contributed by atoms with Gasteiger partial charge < -0.3 is 14.0 Å². The van der Waals surface area contributed by atoms with Gasteiger partial charge in [-0.1, -0.05) is 35.2 Å². The standard InChI is InChI=1S/C28H29N5O3S2/c1-17(2)36-27(34)30-20-9-7-19(8-10-20)26-24(16-29)23-12-11-22(15-25(23)33(26)21-5-4-6-21)35-13-14-37-28-32-31-18(3)38-28/h7-12,15,17,21H,4-6,13-14H2,1-3H3,(H,30,34). The summed E-state index contributed by atoms with van der Waals surface area (Å²) >= 11 is 3.22. The average Bonchev–Trinajstić information content (AvgIpc) is 3.41. The lowest BCUT2D eigenvalue weighted by atomic mass is 9.92. The molecule has 0 atom stereocenters. The number of amides is 1. The smallest absolute Gasteiger partial charge is 0.411 e. The largest absolute Gasteiger partial charge is 0.493 e. The topological polar surface area (TPSA) is 102 Å². The van der Waals surface area contributed by atoms with Gasteiger partial charge in [-0.05, 0) is 69.9 Å². The number of anilines is 1. The lowest BCUT2D eigenvalue weighted by Gasteiger charge is -2.30. The molecule has 1 N–H and O–H groups in total. The molecule has 10 heteroatoms. The molecule has 38 heavy (non-hydrogen) atoms. The Morgan fingerprint density at radius 1 is 1.24 bits per heavy atom.